The van der Waals surface area contributed by atoms with Gasteiger partial charge in [-0.05, 0) is 61.4 Å². The summed E-state index contributed by atoms with van der Waals surface area (Å²) in [6, 6.07) is 16.7. The third kappa shape index (κ3) is 6.30. The molecule has 160 valence electrons. The number of ketones is 1. The fraction of sp³-hybridized carbons (Fsp3) is 0.200. The van der Waals surface area contributed by atoms with Crippen molar-refractivity contribution in [1.29, 1.82) is 0 Å². The predicted molar refractivity (Wildman–Crippen MR) is 125 cm³/mol. The van der Waals surface area contributed by atoms with E-state index in [1.54, 1.807) is 24.3 Å². The summed E-state index contributed by atoms with van der Waals surface area (Å²) in [5, 5.41) is 2.79. The van der Waals surface area contributed by atoms with Crippen molar-refractivity contribution in [2.75, 3.05) is 19.0 Å². The van der Waals surface area contributed by atoms with Crippen molar-refractivity contribution in [3.8, 4) is 11.5 Å². The van der Waals surface area contributed by atoms with Crippen LogP contribution in [0.2, 0.25) is 0 Å². The fourth-order valence-electron chi connectivity index (χ4n) is 2.84. The number of aryl methyl sites for hydroxylation is 2. The second-order valence-electron chi connectivity index (χ2n) is 6.93. The minimum Gasteiger partial charge on any atom is -0.493 e. The molecule has 0 saturated carbocycles. The maximum atomic E-state index is 12.3. The summed E-state index contributed by atoms with van der Waals surface area (Å²) in [7, 11) is 1.53. The van der Waals surface area contributed by atoms with Crippen molar-refractivity contribution in [2.45, 2.75) is 20.3 Å². The van der Waals surface area contributed by atoms with Crippen LogP contribution in [-0.4, -0.2) is 25.4 Å². The summed E-state index contributed by atoms with van der Waals surface area (Å²) in [6.07, 6.45) is 4.21. The molecule has 2 aromatic carbocycles. The van der Waals surface area contributed by atoms with Crippen LogP contribution in [-0.2, 0) is 11.2 Å². The summed E-state index contributed by atoms with van der Waals surface area (Å²) in [5.74, 6) is 0.651. The lowest BCUT2D eigenvalue weighted by Crippen LogP contribution is -2.20. The zero-order valence-corrected chi connectivity index (χ0v) is 18.6. The maximum absolute atomic E-state index is 12.3. The SMILES string of the molecule is CCc1ccc(C(=O)/C=C/c2ccc(OCC(=O)Nc3ccc(C)cc3)c(OC)c2)s1. The quantitative estimate of drug-likeness (QED) is 0.354. The Morgan fingerprint density at radius 3 is 2.48 bits per heavy atom. The average molecular weight is 436 g/mol. The van der Waals surface area contributed by atoms with Gasteiger partial charge in [-0.1, -0.05) is 36.8 Å². The molecular weight excluding hydrogens is 410 g/mol. The van der Waals surface area contributed by atoms with Crippen molar-refractivity contribution < 1.29 is 19.1 Å². The molecule has 0 unspecified atom stereocenters. The third-order valence-corrected chi connectivity index (χ3v) is 5.81. The number of rotatable bonds is 9. The van der Waals surface area contributed by atoms with E-state index in [1.807, 2.05) is 49.4 Å². The lowest BCUT2D eigenvalue weighted by molar-refractivity contribution is -0.118. The van der Waals surface area contributed by atoms with E-state index >= 15 is 0 Å². The molecule has 3 rings (SSSR count). The van der Waals surface area contributed by atoms with E-state index in [-0.39, 0.29) is 18.3 Å². The lowest BCUT2D eigenvalue weighted by Gasteiger charge is -2.11. The minimum absolute atomic E-state index is 0.0308. The van der Waals surface area contributed by atoms with Gasteiger partial charge in [-0.3, -0.25) is 9.59 Å². The van der Waals surface area contributed by atoms with E-state index in [2.05, 4.69) is 12.2 Å². The summed E-state index contributed by atoms with van der Waals surface area (Å²) in [4.78, 5) is 26.4. The molecule has 1 amide bonds. The highest BCUT2D eigenvalue weighted by Crippen LogP contribution is 2.29. The van der Waals surface area contributed by atoms with Gasteiger partial charge in [0.2, 0.25) is 0 Å². The number of nitrogens with one attached hydrogen (secondary N) is 1. The van der Waals surface area contributed by atoms with E-state index in [0.717, 1.165) is 22.4 Å². The number of ether oxygens (including phenoxy) is 2. The Kier molecular flexibility index (Phi) is 7.62. The Morgan fingerprint density at radius 1 is 1.03 bits per heavy atom. The standard InChI is InChI=1S/C25H25NO4S/c1-4-20-11-14-24(31-20)21(27)12-7-18-8-13-22(23(15-18)29-3)30-16-25(28)26-19-9-5-17(2)6-10-19/h5-15H,4,16H2,1-3H3,(H,26,28)/b12-7+. The number of carbonyl (C=O) groups excluding carboxylic acids is 2. The topological polar surface area (TPSA) is 64.6 Å². The predicted octanol–water partition coefficient (Wildman–Crippen LogP) is 5.54. The lowest BCUT2D eigenvalue weighted by atomic mass is 10.1. The van der Waals surface area contributed by atoms with Gasteiger partial charge in [0.1, 0.15) is 0 Å². The van der Waals surface area contributed by atoms with Crippen LogP contribution in [0, 0.1) is 6.92 Å². The molecule has 1 N–H and O–H groups in total. The van der Waals surface area contributed by atoms with Crippen molar-refractivity contribution in [2.24, 2.45) is 0 Å². The number of methoxy groups -OCH3 is 1. The molecule has 0 radical (unpaired) electrons. The third-order valence-electron chi connectivity index (χ3n) is 4.56. The minimum atomic E-state index is -0.261. The monoisotopic (exact) mass is 435 g/mol. The Labute approximate surface area is 186 Å². The van der Waals surface area contributed by atoms with E-state index in [1.165, 1.54) is 23.3 Å². The van der Waals surface area contributed by atoms with Gasteiger partial charge in [0, 0.05) is 10.6 Å². The first kappa shape index (κ1) is 22.3. The van der Waals surface area contributed by atoms with Crippen molar-refractivity contribution in [3.63, 3.8) is 0 Å². The van der Waals surface area contributed by atoms with Crippen LogP contribution in [0.5, 0.6) is 11.5 Å². The highest BCUT2D eigenvalue weighted by molar-refractivity contribution is 7.14. The van der Waals surface area contributed by atoms with E-state index in [0.29, 0.717) is 17.2 Å². The van der Waals surface area contributed by atoms with Crippen LogP contribution in [0.1, 0.15) is 32.6 Å². The molecule has 0 spiro atoms. The molecule has 0 aliphatic rings. The number of anilines is 1. The van der Waals surface area contributed by atoms with Crippen molar-refractivity contribution in [3.05, 3.63) is 81.6 Å². The van der Waals surface area contributed by atoms with Gasteiger partial charge in [0.25, 0.3) is 5.91 Å². The van der Waals surface area contributed by atoms with Gasteiger partial charge in [-0.2, -0.15) is 0 Å². The van der Waals surface area contributed by atoms with Gasteiger partial charge in [-0.15, -0.1) is 11.3 Å². The largest absolute Gasteiger partial charge is 0.493 e. The normalized spacial score (nSPS) is 10.8. The Morgan fingerprint density at radius 2 is 1.81 bits per heavy atom. The molecular formula is C25H25NO4S. The van der Waals surface area contributed by atoms with Gasteiger partial charge in [0.15, 0.2) is 23.9 Å². The zero-order valence-electron chi connectivity index (χ0n) is 17.8. The summed E-state index contributed by atoms with van der Waals surface area (Å²) < 4.78 is 11.0. The van der Waals surface area contributed by atoms with Crippen LogP contribution < -0.4 is 14.8 Å². The van der Waals surface area contributed by atoms with Crippen LogP contribution >= 0.6 is 11.3 Å². The maximum Gasteiger partial charge on any atom is 0.262 e. The molecule has 0 aliphatic carbocycles. The molecule has 1 aromatic heterocycles. The average Bonchev–Trinajstić information content (AvgIpc) is 3.27. The number of benzene rings is 2. The number of allylic oxidation sites excluding steroid dienone is 1. The van der Waals surface area contributed by atoms with E-state index in [9.17, 15) is 9.59 Å². The molecule has 0 aliphatic heterocycles. The highest BCUT2D eigenvalue weighted by atomic mass is 32.1. The van der Waals surface area contributed by atoms with Crippen LogP contribution in [0.15, 0.2) is 60.7 Å². The molecule has 6 heteroatoms. The number of carbonyl (C=O) groups is 2. The Hall–Kier alpha value is -3.38. The number of hydrogen-bond acceptors (Lipinski definition) is 5. The number of amides is 1. The van der Waals surface area contributed by atoms with Crippen molar-refractivity contribution in [1.82, 2.24) is 0 Å². The first-order valence-corrected chi connectivity index (χ1v) is 10.8. The van der Waals surface area contributed by atoms with E-state index < -0.39 is 0 Å². The van der Waals surface area contributed by atoms with Gasteiger partial charge in [0.05, 0.1) is 12.0 Å². The van der Waals surface area contributed by atoms with Gasteiger partial charge in [-0.25, -0.2) is 0 Å². The van der Waals surface area contributed by atoms with E-state index in [4.69, 9.17) is 9.47 Å². The molecule has 3 aromatic rings. The number of thiophene rings is 1. The van der Waals surface area contributed by atoms with Gasteiger partial charge >= 0.3 is 0 Å². The smallest absolute Gasteiger partial charge is 0.262 e. The molecule has 0 atom stereocenters. The van der Waals surface area contributed by atoms with Gasteiger partial charge < -0.3 is 14.8 Å². The second kappa shape index (κ2) is 10.6. The summed E-state index contributed by atoms with van der Waals surface area (Å²) >= 11 is 1.51. The Balaban J connectivity index is 1.60. The van der Waals surface area contributed by atoms with Crippen LogP contribution in [0.25, 0.3) is 6.08 Å². The summed E-state index contributed by atoms with van der Waals surface area (Å²) in [5.41, 5.74) is 2.64. The molecule has 0 saturated heterocycles. The second-order valence-corrected chi connectivity index (χ2v) is 8.10. The Bertz CT molecular complexity index is 1080. The first-order valence-electron chi connectivity index (χ1n) is 9.97. The fourth-order valence-corrected chi connectivity index (χ4v) is 3.71. The molecule has 31 heavy (non-hydrogen) atoms. The summed E-state index contributed by atoms with van der Waals surface area (Å²) in [6.45, 7) is 3.91. The first-order chi connectivity index (χ1) is 15.0. The molecule has 1 heterocycles. The highest BCUT2D eigenvalue weighted by Gasteiger charge is 2.10. The molecule has 0 bridgehead atoms. The number of hydrogen-bond donors (Lipinski definition) is 1. The van der Waals surface area contributed by atoms with Crippen LogP contribution in [0.3, 0.4) is 0 Å². The van der Waals surface area contributed by atoms with Crippen LogP contribution in [0.4, 0.5) is 5.69 Å². The zero-order chi connectivity index (χ0) is 22.2. The molecule has 0 fully saturated rings. The molecule has 5 nitrogen and oxygen atoms in total. The van der Waals surface area contributed by atoms with Crippen molar-refractivity contribution >= 4 is 34.8 Å².